The molecule has 0 saturated heterocycles. The van der Waals surface area contributed by atoms with E-state index in [1.165, 1.54) is 18.3 Å². The van der Waals surface area contributed by atoms with Crippen LogP contribution in [0.2, 0.25) is 0 Å². The molecule has 0 radical (unpaired) electrons. The average Bonchev–Trinajstić information content (AvgIpc) is 3.04. The van der Waals surface area contributed by atoms with Crippen molar-refractivity contribution in [3.8, 4) is 0 Å². The number of carbonyl (C=O) groups is 3. The molecule has 4 rings (SSSR count). The van der Waals surface area contributed by atoms with E-state index in [0.29, 0.717) is 0 Å². The van der Waals surface area contributed by atoms with Gasteiger partial charge in [0.15, 0.2) is 0 Å². The first-order valence-corrected chi connectivity index (χ1v) is 15.1. The van der Waals surface area contributed by atoms with Crippen molar-refractivity contribution in [2.75, 3.05) is 11.9 Å². The first-order valence-electron chi connectivity index (χ1n) is 15.1. The summed E-state index contributed by atoms with van der Waals surface area (Å²) in [7, 11) is 0. The third kappa shape index (κ3) is 8.70. The van der Waals surface area contributed by atoms with Crippen molar-refractivity contribution >= 4 is 23.6 Å². The maximum Gasteiger partial charge on any atom is 0.412 e. The van der Waals surface area contributed by atoms with Gasteiger partial charge in [0.05, 0.1) is 12.6 Å². The van der Waals surface area contributed by atoms with Crippen LogP contribution in [-0.2, 0) is 26.4 Å². The average molecular weight is 625 g/mol. The van der Waals surface area contributed by atoms with Crippen molar-refractivity contribution in [3.05, 3.63) is 136 Å². The number of aromatic nitrogens is 1. The number of hydrogen-bond donors (Lipinski definition) is 4. The Hall–Kier alpha value is -5.22. The Morgan fingerprint density at radius 1 is 0.783 bits per heavy atom. The van der Waals surface area contributed by atoms with Crippen molar-refractivity contribution in [1.29, 1.82) is 0 Å². The molecule has 10 heteroatoms. The van der Waals surface area contributed by atoms with Crippen LogP contribution in [0.4, 0.5) is 10.5 Å². The number of nitrogens with zero attached hydrogens (tertiary/aromatic N) is 1. The molecule has 0 saturated carbocycles. The van der Waals surface area contributed by atoms with E-state index in [1.54, 1.807) is 20.8 Å². The second-order valence-corrected chi connectivity index (χ2v) is 11.9. The number of nitrogens with one attached hydrogen (secondary N) is 3. The molecule has 3 aromatic carbocycles. The maximum atomic E-state index is 13.6. The lowest BCUT2D eigenvalue weighted by Gasteiger charge is -2.37. The molecule has 4 N–H and O–H groups in total. The number of ether oxygens (including phenoxy) is 1. The normalized spacial score (nSPS) is 12.1. The minimum absolute atomic E-state index is 0.00893. The molecule has 46 heavy (non-hydrogen) atoms. The van der Waals surface area contributed by atoms with Crippen LogP contribution in [0.1, 0.15) is 50.3 Å². The fourth-order valence-corrected chi connectivity index (χ4v) is 5.17. The smallest absolute Gasteiger partial charge is 0.412 e. The molecule has 0 aliphatic heterocycles. The zero-order valence-corrected chi connectivity index (χ0v) is 26.2. The van der Waals surface area contributed by atoms with Gasteiger partial charge in [-0.3, -0.25) is 19.7 Å². The molecule has 0 unspecified atom stereocenters. The van der Waals surface area contributed by atoms with Crippen LogP contribution in [0.3, 0.4) is 0 Å². The quantitative estimate of drug-likeness (QED) is 0.171. The standard InChI is InChI=1S/C36H40N4O6/c1-35(2,3)46-34(45)38-30-20-13-23-40(33(30)44)24-32(43)37-29(25-41)21-22-31(42)39-36(26-14-7-4-8-15-26,27-16-9-5-10-17-27)28-18-11-6-12-19-28/h4-20,23,29,41H,21-22,24-25H2,1-3H3,(H,37,43)(H,38,45)(H,39,42)/t29-/m0/s1. The van der Waals surface area contributed by atoms with Crippen LogP contribution >= 0.6 is 0 Å². The van der Waals surface area contributed by atoms with Gasteiger partial charge in [0, 0.05) is 12.6 Å². The minimum atomic E-state index is -0.988. The number of amides is 3. The molecule has 0 spiro atoms. The molecule has 4 aromatic rings. The number of benzene rings is 3. The highest BCUT2D eigenvalue weighted by atomic mass is 16.6. The summed E-state index contributed by atoms with van der Waals surface area (Å²) in [5.74, 6) is -0.815. The minimum Gasteiger partial charge on any atom is -0.444 e. The molecule has 0 fully saturated rings. The monoisotopic (exact) mass is 624 g/mol. The van der Waals surface area contributed by atoms with Crippen LogP contribution in [0.15, 0.2) is 114 Å². The van der Waals surface area contributed by atoms with E-state index >= 15 is 0 Å². The second-order valence-electron chi connectivity index (χ2n) is 11.9. The van der Waals surface area contributed by atoms with Crippen LogP contribution in [0, 0.1) is 0 Å². The zero-order valence-electron chi connectivity index (χ0n) is 26.2. The molecule has 3 amide bonds. The van der Waals surface area contributed by atoms with E-state index in [4.69, 9.17) is 4.74 Å². The molecule has 0 bridgehead atoms. The summed E-state index contributed by atoms with van der Waals surface area (Å²) >= 11 is 0. The molecule has 240 valence electrons. The SMILES string of the molecule is CC(C)(C)OC(=O)Nc1cccn(CC(=O)N[C@H](CO)CCC(=O)NC(c2ccccc2)(c2ccccc2)c2ccccc2)c1=O. The Morgan fingerprint density at radius 3 is 1.78 bits per heavy atom. The number of aliphatic hydroxyl groups is 1. The van der Waals surface area contributed by atoms with Gasteiger partial charge in [-0.05, 0) is 56.0 Å². The summed E-state index contributed by atoms with van der Waals surface area (Å²) in [6.07, 6.45) is 0.785. The van der Waals surface area contributed by atoms with Crippen molar-refractivity contribution < 1.29 is 24.2 Å². The van der Waals surface area contributed by atoms with Gasteiger partial charge in [0.2, 0.25) is 11.8 Å². The zero-order chi connectivity index (χ0) is 33.2. The number of hydrogen-bond acceptors (Lipinski definition) is 6. The van der Waals surface area contributed by atoms with Crippen molar-refractivity contribution in [1.82, 2.24) is 15.2 Å². The van der Waals surface area contributed by atoms with Crippen LogP contribution in [-0.4, -0.2) is 45.8 Å². The summed E-state index contributed by atoms with van der Waals surface area (Å²) in [6.45, 7) is 4.34. The third-order valence-corrected chi connectivity index (χ3v) is 7.22. The van der Waals surface area contributed by atoms with Gasteiger partial charge in [-0.25, -0.2) is 4.79 Å². The van der Waals surface area contributed by atoms with Crippen molar-refractivity contribution in [2.45, 2.75) is 57.3 Å². The van der Waals surface area contributed by atoms with Gasteiger partial charge in [-0.1, -0.05) is 91.0 Å². The molecule has 1 heterocycles. The molecular formula is C36H40N4O6. The van der Waals surface area contributed by atoms with E-state index in [2.05, 4.69) is 16.0 Å². The fraction of sp³-hybridized carbons (Fsp3) is 0.278. The van der Waals surface area contributed by atoms with Gasteiger partial charge >= 0.3 is 6.09 Å². The Kier molecular flexibility index (Phi) is 11.1. The number of rotatable bonds is 12. The van der Waals surface area contributed by atoms with Gasteiger partial charge in [-0.2, -0.15) is 0 Å². The summed E-state index contributed by atoms with van der Waals surface area (Å²) < 4.78 is 6.33. The lowest BCUT2D eigenvalue weighted by atomic mass is 9.77. The second kappa shape index (κ2) is 15.2. The number of pyridine rings is 1. The van der Waals surface area contributed by atoms with Crippen molar-refractivity contribution in [2.24, 2.45) is 0 Å². The Labute approximate surface area is 268 Å². The Bertz CT molecular complexity index is 1570. The van der Waals surface area contributed by atoms with Crippen LogP contribution in [0.5, 0.6) is 0 Å². The topological polar surface area (TPSA) is 139 Å². The molecule has 1 atom stereocenters. The molecule has 0 aliphatic rings. The summed E-state index contributed by atoms with van der Waals surface area (Å²) in [6, 6.07) is 31.3. The van der Waals surface area contributed by atoms with Gasteiger partial charge in [-0.15, -0.1) is 0 Å². The molecular weight excluding hydrogens is 584 g/mol. The van der Waals surface area contributed by atoms with E-state index in [1.807, 2.05) is 91.0 Å². The van der Waals surface area contributed by atoms with Crippen molar-refractivity contribution in [3.63, 3.8) is 0 Å². The summed E-state index contributed by atoms with van der Waals surface area (Å²) in [4.78, 5) is 51.5. The Morgan fingerprint density at radius 2 is 1.30 bits per heavy atom. The first kappa shape index (κ1) is 33.7. The lowest BCUT2D eigenvalue weighted by molar-refractivity contribution is -0.125. The fourth-order valence-electron chi connectivity index (χ4n) is 5.17. The van der Waals surface area contributed by atoms with E-state index in [9.17, 15) is 24.3 Å². The van der Waals surface area contributed by atoms with Gasteiger partial charge in [0.25, 0.3) is 5.56 Å². The third-order valence-electron chi connectivity index (χ3n) is 7.22. The van der Waals surface area contributed by atoms with Crippen LogP contribution in [0.25, 0.3) is 0 Å². The summed E-state index contributed by atoms with van der Waals surface area (Å²) in [5, 5.41) is 18.4. The molecule has 0 aliphatic carbocycles. The van der Waals surface area contributed by atoms with E-state index < -0.39 is 41.3 Å². The van der Waals surface area contributed by atoms with E-state index in [0.717, 1.165) is 21.3 Å². The van der Waals surface area contributed by atoms with Gasteiger partial charge < -0.3 is 25.0 Å². The predicted octanol–water partition coefficient (Wildman–Crippen LogP) is 4.56. The van der Waals surface area contributed by atoms with E-state index in [-0.39, 0.29) is 31.0 Å². The Balaban J connectivity index is 1.45. The number of anilines is 1. The van der Waals surface area contributed by atoms with Crippen LogP contribution < -0.4 is 21.5 Å². The number of carbonyl (C=O) groups excluding carboxylic acids is 3. The first-order chi connectivity index (χ1) is 22.0. The predicted molar refractivity (Wildman–Crippen MR) is 176 cm³/mol. The highest BCUT2D eigenvalue weighted by molar-refractivity contribution is 5.84. The largest absolute Gasteiger partial charge is 0.444 e. The maximum absolute atomic E-state index is 13.6. The highest BCUT2D eigenvalue weighted by Gasteiger charge is 2.37. The lowest BCUT2D eigenvalue weighted by Crippen LogP contribution is -2.48. The number of aliphatic hydroxyl groups excluding tert-OH is 1. The highest BCUT2D eigenvalue weighted by Crippen LogP contribution is 2.36. The molecule has 10 nitrogen and oxygen atoms in total. The summed E-state index contributed by atoms with van der Waals surface area (Å²) in [5.41, 5.74) is 0.254. The molecule has 1 aromatic heterocycles. The van der Waals surface area contributed by atoms with Gasteiger partial charge in [0.1, 0.15) is 23.4 Å².